The molecule has 5 nitrogen and oxygen atoms in total. The van der Waals surface area contributed by atoms with Gasteiger partial charge < -0.3 is 14.7 Å². The summed E-state index contributed by atoms with van der Waals surface area (Å²) in [4.78, 5) is 10.8. The number of ether oxygens (including phenoxy) is 1. The monoisotopic (exact) mass is 299 g/mol. The summed E-state index contributed by atoms with van der Waals surface area (Å²) in [7, 11) is 0. The molecule has 1 aliphatic rings. The van der Waals surface area contributed by atoms with Crippen molar-refractivity contribution in [2.75, 3.05) is 18.0 Å². The van der Waals surface area contributed by atoms with Crippen molar-refractivity contribution in [3.05, 3.63) is 48.2 Å². The lowest BCUT2D eigenvalue weighted by Gasteiger charge is -2.34. The summed E-state index contributed by atoms with van der Waals surface area (Å²) in [5, 5.41) is 10.0. The third-order valence-electron chi connectivity index (χ3n) is 4.05. The van der Waals surface area contributed by atoms with E-state index in [0.717, 1.165) is 18.5 Å². The molecule has 2 aromatic rings. The Bertz CT molecular complexity index is 606. The van der Waals surface area contributed by atoms with E-state index in [1.165, 1.54) is 0 Å². The van der Waals surface area contributed by atoms with E-state index < -0.39 is 0 Å². The summed E-state index contributed by atoms with van der Waals surface area (Å²) >= 11 is 0. The Hall–Kier alpha value is -2.14. The fraction of sp³-hybridized carbons (Fsp3) is 0.412. The van der Waals surface area contributed by atoms with Crippen LogP contribution in [0.25, 0.3) is 0 Å². The molecule has 0 bridgehead atoms. The topological polar surface area (TPSA) is 58.5 Å². The molecule has 116 valence electrons. The molecule has 5 heteroatoms. The molecule has 2 unspecified atom stereocenters. The second-order valence-electron chi connectivity index (χ2n) is 5.75. The first-order chi connectivity index (χ1) is 10.7. The number of benzene rings is 1. The van der Waals surface area contributed by atoms with Crippen molar-refractivity contribution >= 4 is 5.95 Å². The van der Waals surface area contributed by atoms with E-state index in [4.69, 9.17) is 4.74 Å². The first-order valence-corrected chi connectivity index (χ1v) is 7.65. The molecule has 2 atom stereocenters. The quantitative estimate of drug-likeness (QED) is 0.938. The van der Waals surface area contributed by atoms with Gasteiger partial charge in [0.2, 0.25) is 11.8 Å². The molecule has 0 radical (unpaired) electrons. The highest BCUT2D eigenvalue weighted by Gasteiger charge is 2.25. The SMILES string of the molecule is CC1CCN(c2nccc(OCc3ccccc3)n2)CC1O. The van der Waals surface area contributed by atoms with Crippen molar-refractivity contribution in [3.8, 4) is 5.88 Å². The van der Waals surface area contributed by atoms with Crippen LogP contribution < -0.4 is 9.64 Å². The van der Waals surface area contributed by atoms with Crippen molar-refractivity contribution in [2.24, 2.45) is 5.92 Å². The maximum absolute atomic E-state index is 10.0. The summed E-state index contributed by atoms with van der Waals surface area (Å²) < 4.78 is 5.73. The molecule has 0 aliphatic carbocycles. The average Bonchev–Trinajstić information content (AvgIpc) is 2.57. The zero-order chi connectivity index (χ0) is 15.4. The lowest BCUT2D eigenvalue weighted by molar-refractivity contribution is 0.102. The first-order valence-electron chi connectivity index (χ1n) is 7.65. The van der Waals surface area contributed by atoms with Gasteiger partial charge in [-0.3, -0.25) is 0 Å². The van der Waals surface area contributed by atoms with E-state index in [1.54, 1.807) is 12.3 Å². The van der Waals surface area contributed by atoms with Crippen LogP contribution in [0.2, 0.25) is 0 Å². The van der Waals surface area contributed by atoms with Crippen LogP contribution >= 0.6 is 0 Å². The zero-order valence-corrected chi connectivity index (χ0v) is 12.7. The fourth-order valence-electron chi connectivity index (χ4n) is 2.53. The average molecular weight is 299 g/mol. The second kappa shape index (κ2) is 6.75. The number of rotatable bonds is 4. The minimum atomic E-state index is -0.328. The van der Waals surface area contributed by atoms with Crippen molar-refractivity contribution in [2.45, 2.75) is 26.1 Å². The number of aromatic nitrogens is 2. The number of β-amino-alcohol motifs (C(OH)–C–C–N with tert-alkyl or cyclic N) is 1. The van der Waals surface area contributed by atoms with Crippen molar-refractivity contribution in [3.63, 3.8) is 0 Å². The molecular weight excluding hydrogens is 278 g/mol. The molecule has 2 heterocycles. The molecular formula is C17H21N3O2. The number of hydrogen-bond acceptors (Lipinski definition) is 5. The van der Waals surface area contributed by atoms with Crippen LogP contribution in [0.15, 0.2) is 42.6 Å². The van der Waals surface area contributed by atoms with Gasteiger partial charge in [-0.15, -0.1) is 0 Å². The molecule has 1 N–H and O–H groups in total. The molecule has 1 aliphatic heterocycles. The largest absolute Gasteiger partial charge is 0.473 e. The number of aliphatic hydroxyl groups is 1. The number of anilines is 1. The lowest BCUT2D eigenvalue weighted by Crippen LogP contribution is -2.43. The highest BCUT2D eigenvalue weighted by Crippen LogP contribution is 2.22. The third kappa shape index (κ3) is 3.54. The first kappa shape index (κ1) is 14.8. The summed E-state index contributed by atoms with van der Waals surface area (Å²) in [5.41, 5.74) is 1.10. The Morgan fingerprint density at radius 2 is 2.09 bits per heavy atom. The van der Waals surface area contributed by atoms with Crippen LogP contribution in [0.4, 0.5) is 5.95 Å². The van der Waals surface area contributed by atoms with Crippen molar-refractivity contribution in [1.82, 2.24) is 9.97 Å². The van der Waals surface area contributed by atoms with Crippen LogP contribution in [-0.4, -0.2) is 34.3 Å². The fourth-order valence-corrected chi connectivity index (χ4v) is 2.53. The minimum absolute atomic E-state index is 0.328. The highest BCUT2D eigenvalue weighted by molar-refractivity contribution is 5.33. The van der Waals surface area contributed by atoms with Crippen molar-refractivity contribution < 1.29 is 9.84 Å². The van der Waals surface area contributed by atoms with Crippen LogP contribution in [-0.2, 0) is 6.61 Å². The molecule has 1 aromatic carbocycles. The molecule has 1 fully saturated rings. The molecule has 1 aromatic heterocycles. The van der Waals surface area contributed by atoms with Gasteiger partial charge in [0.1, 0.15) is 6.61 Å². The minimum Gasteiger partial charge on any atom is -0.473 e. The third-order valence-corrected chi connectivity index (χ3v) is 4.05. The van der Waals surface area contributed by atoms with Crippen LogP contribution in [0.5, 0.6) is 5.88 Å². The van der Waals surface area contributed by atoms with Gasteiger partial charge in [0.15, 0.2) is 0 Å². The highest BCUT2D eigenvalue weighted by atomic mass is 16.5. The molecule has 0 spiro atoms. The smallest absolute Gasteiger partial charge is 0.228 e. The van der Waals surface area contributed by atoms with Crippen LogP contribution in [0, 0.1) is 5.92 Å². The summed E-state index contributed by atoms with van der Waals surface area (Å²) in [5.74, 6) is 1.51. The van der Waals surface area contributed by atoms with Gasteiger partial charge in [0.05, 0.1) is 6.10 Å². The van der Waals surface area contributed by atoms with Gasteiger partial charge in [-0.2, -0.15) is 4.98 Å². The number of piperidine rings is 1. The maximum Gasteiger partial charge on any atom is 0.228 e. The standard InChI is InChI=1S/C17H21N3O2/c1-13-8-10-20(11-15(13)21)17-18-9-7-16(19-17)22-12-14-5-3-2-4-6-14/h2-7,9,13,15,21H,8,10-12H2,1H3. The van der Waals surface area contributed by atoms with E-state index in [1.807, 2.05) is 35.2 Å². The molecule has 1 saturated heterocycles. The predicted octanol–water partition coefficient (Wildman–Crippen LogP) is 2.26. The van der Waals surface area contributed by atoms with Gasteiger partial charge in [0, 0.05) is 25.4 Å². The normalized spacial score (nSPS) is 21.6. The maximum atomic E-state index is 10.0. The lowest BCUT2D eigenvalue weighted by atomic mass is 9.96. The molecule has 3 rings (SSSR count). The van der Waals surface area contributed by atoms with Gasteiger partial charge in [-0.25, -0.2) is 4.98 Å². The van der Waals surface area contributed by atoms with Crippen molar-refractivity contribution in [1.29, 1.82) is 0 Å². The Balaban J connectivity index is 1.65. The predicted molar refractivity (Wildman–Crippen MR) is 84.8 cm³/mol. The number of hydrogen-bond donors (Lipinski definition) is 1. The van der Waals surface area contributed by atoms with E-state index in [2.05, 4.69) is 16.9 Å². The van der Waals surface area contributed by atoms with Gasteiger partial charge in [-0.05, 0) is 17.9 Å². The summed E-state index contributed by atoms with van der Waals surface area (Å²) in [6.45, 7) is 3.99. The molecule has 0 saturated carbocycles. The Kier molecular flexibility index (Phi) is 4.53. The Morgan fingerprint density at radius 3 is 2.86 bits per heavy atom. The van der Waals surface area contributed by atoms with E-state index in [-0.39, 0.29) is 6.10 Å². The number of nitrogens with zero attached hydrogens (tertiary/aromatic N) is 3. The van der Waals surface area contributed by atoms with Gasteiger partial charge in [-0.1, -0.05) is 37.3 Å². The Labute approximate surface area is 130 Å². The van der Waals surface area contributed by atoms with Crippen LogP contribution in [0.1, 0.15) is 18.9 Å². The zero-order valence-electron chi connectivity index (χ0n) is 12.7. The van der Waals surface area contributed by atoms with E-state index in [0.29, 0.717) is 30.9 Å². The second-order valence-corrected chi connectivity index (χ2v) is 5.75. The Morgan fingerprint density at radius 1 is 1.27 bits per heavy atom. The molecule has 22 heavy (non-hydrogen) atoms. The van der Waals surface area contributed by atoms with Crippen LogP contribution in [0.3, 0.4) is 0 Å². The van der Waals surface area contributed by atoms with E-state index >= 15 is 0 Å². The van der Waals surface area contributed by atoms with E-state index in [9.17, 15) is 5.11 Å². The van der Waals surface area contributed by atoms with Gasteiger partial charge in [0.25, 0.3) is 0 Å². The number of aliphatic hydroxyl groups excluding tert-OH is 1. The molecule has 0 amide bonds. The summed E-state index contributed by atoms with van der Waals surface area (Å²) in [6.07, 6.45) is 2.32. The van der Waals surface area contributed by atoms with Gasteiger partial charge >= 0.3 is 0 Å². The summed E-state index contributed by atoms with van der Waals surface area (Å²) in [6, 6.07) is 11.8.